The molecule has 0 saturated carbocycles. The summed E-state index contributed by atoms with van der Waals surface area (Å²) in [5.74, 6) is 0.998. The van der Waals surface area contributed by atoms with Gasteiger partial charge in [0.1, 0.15) is 5.75 Å². The lowest BCUT2D eigenvalue weighted by Gasteiger charge is -2.35. The van der Waals surface area contributed by atoms with E-state index in [-0.39, 0.29) is 17.4 Å². The molecule has 3 nitrogen and oxygen atoms in total. The Hall–Kier alpha value is -1.41. The molecule has 0 radical (unpaired) electrons. The van der Waals surface area contributed by atoms with Crippen molar-refractivity contribution in [3.05, 3.63) is 58.7 Å². The second-order valence-corrected chi connectivity index (χ2v) is 12.0. The second kappa shape index (κ2) is 12.2. The van der Waals surface area contributed by atoms with Crippen LogP contribution < -0.4 is 15.4 Å². The molecule has 0 aliphatic rings. The van der Waals surface area contributed by atoms with Crippen molar-refractivity contribution in [1.29, 1.82) is 0 Å². The van der Waals surface area contributed by atoms with Crippen LogP contribution in [-0.4, -0.2) is 21.0 Å². The molecule has 0 aliphatic heterocycles. The first-order valence-electron chi connectivity index (χ1n) is 11.9. The minimum absolute atomic E-state index is 0.00584. The van der Waals surface area contributed by atoms with Gasteiger partial charge in [0.15, 0.2) is 6.79 Å². The van der Waals surface area contributed by atoms with Gasteiger partial charge in [0.05, 0.1) is 0 Å². The molecule has 4 heteroatoms. The van der Waals surface area contributed by atoms with Gasteiger partial charge in [-0.05, 0) is 47.8 Å². The van der Waals surface area contributed by atoms with Crippen molar-refractivity contribution in [2.75, 3.05) is 21.0 Å². The lowest BCUT2D eigenvalue weighted by Crippen LogP contribution is -2.25. The van der Waals surface area contributed by atoms with E-state index < -0.39 is 0 Å². The average Bonchev–Trinajstić information content (AvgIpc) is 2.73. The van der Waals surface area contributed by atoms with Crippen molar-refractivity contribution in [3.8, 4) is 5.75 Å². The summed E-state index contributed by atoms with van der Waals surface area (Å²) in [5.41, 5.74) is 5.35. The maximum Gasteiger partial charge on any atom is 0.188 e. The van der Waals surface area contributed by atoms with Crippen LogP contribution in [0.4, 0.5) is 0 Å². The van der Waals surface area contributed by atoms with Crippen LogP contribution >= 0.6 is 8.58 Å². The molecule has 2 rings (SSSR count). The normalized spacial score (nSPS) is 14.1. The first-order chi connectivity index (χ1) is 15.2. The van der Waals surface area contributed by atoms with E-state index in [4.69, 9.17) is 9.47 Å². The molecule has 0 amide bonds. The summed E-state index contributed by atoms with van der Waals surface area (Å²) in [7, 11) is 4.37. The molecule has 2 aromatic carbocycles. The number of hydrogen-bond acceptors (Lipinski definition) is 3. The Labute approximate surface area is 198 Å². The summed E-state index contributed by atoms with van der Waals surface area (Å²) in [6.07, 6.45) is 4.84. The molecule has 2 atom stereocenters. The van der Waals surface area contributed by atoms with E-state index in [2.05, 4.69) is 83.3 Å². The van der Waals surface area contributed by atoms with Crippen LogP contribution in [-0.2, 0) is 21.9 Å². The van der Waals surface area contributed by atoms with Crippen LogP contribution in [0.3, 0.4) is 0 Å². The molecule has 0 aliphatic carbocycles. The highest BCUT2D eigenvalue weighted by molar-refractivity contribution is 7.48. The maximum absolute atomic E-state index is 6.22. The van der Waals surface area contributed by atoms with E-state index >= 15 is 0 Å². The Morgan fingerprint density at radius 1 is 1.03 bits per heavy atom. The minimum Gasteiger partial charge on any atom is -0.467 e. The summed E-state index contributed by atoms with van der Waals surface area (Å²) in [6.45, 7) is 14.9. The van der Waals surface area contributed by atoms with Gasteiger partial charge in [-0.15, -0.1) is 0 Å². The molecule has 178 valence electrons. The number of ether oxygens (including phenoxy) is 2. The van der Waals surface area contributed by atoms with Crippen LogP contribution in [0.15, 0.2) is 36.4 Å². The molecule has 2 aromatic rings. The van der Waals surface area contributed by atoms with Gasteiger partial charge in [-0.1, -0.05) is 98.9 Å². The highest BCUT2D eigenvalue weighted by Crippen LogP contribution is 2.50. The van der Waals surface area contributed by atoms with Crippen molar-refractivity contribution in [2.45, 2.75) is 84.3 Å². The Morgan fingerprint density at radius 2 is 1.75 bits per heavy atom. The van der Waals surface area contributed by atoms with Crippen molar-refractivity contribution in [3.63, 3.8) is 0 Å². The van der Waals surface area contributed by atoms with E-state index in [1.807, 2.05) is 7.05 Å². The highest BCUT2D eigenvalue weighted by Gasteiger charge is 2.33. The number of aryl methyl sites for hydroxylation is 1. The van der Waals surface area contributed by atoms with Crippen molar-refractivity contribution < 1.29 is 9.47 Å². The molecule has 0 aromatic heterocycles. The molecule has 0 bridgehead atoms. The van der Waals surface area contributed by atoms with Gasteiger partial charge >= 0.3 is 0 Å². The van der Waals surface area contributed by atoms with Gasteiger partial charge in [0, 0.05) is 24.4 Å². The van der Waals surface area contributed by atoms with Crippen molar-refractivity contribution in [2.24, 2.45) is 0 Å². The average molecular weight is 458 g/mol. The molecule has 0 spiro atoms. The fourth-order valence-electron chi connectivity index (χ4n) is 4.20. The lowest BCUT2D eigenvalue weighted by molar-refractivity contribution is 0.0494. The molecular weight excluding hydrogens is 413 g/mol. The van der Waals surface area contributed by atoms with E-state index in [9.17, 15) is 0 Å². The Kier molecular flexibility index (Phi) is 10.2. The Balaban J connectivity index is 2.65. The van der Waals surface area contributed by atoms with Gasteiger partial charge in [-0.2, -0.15) is 0 Å². The fourth-order valence-corrected chi connectivity index (χ4v) is 5.93. The van der Waals surface area contributed by atoms with Gasteiger partial charge < -0.3 is 14.8 Å². The van der Waals surface area contributed by atoms with Crippen LogP contribution in [0.2, 0.25) is 0 Å². The van der Waals surface area contributed by atoms with Gasteiger partial charge in [0.2, 0.25) is 0 Å². The van der Waals surface area contributed by atoms with Crippen LogP contribution in [0.1, 0.15) is 82.6 Å². The standard InChI is InChI=1S/C28H44NO2P/c1-9-10-13-16-28(6,32-25-15-12-11-14-22(25)19-29-7)24-18-23(27(3,4)5)17-21(2)26(24)31-20-30-8/h11-12,14-15,17-18,29,32H,9-10,13,16,19-20H2,1-8H3. The zero-order chi connectivity index (χ0) is 23.8. The maximum atomic E-state index is 6.22. The van der Waals surface area contributed by atoms with E-state index in [1.165, 1.54) is 46.8 Å². The van der Waals surface area contributed by atoms with Crippen molar-refractivity contribution >= 4 is 13.9 Å². The number of nitrogens with one attached hydrogen (secondary N) is 1. The molecule has 0 heterocycles. The third-order valence-corrected chi connectivity index (χ3v) is 7.96. The first-order valence-corrected chi connectivity index (χ1v) is 12.9. The van der Waals surface area contributed by atoms with E-state index in [0.29, 0.717) is 8.58 Å². The molecule has 0 fully saturated rings. The van der Waals surface area contributed by atoms with Gasteiger partial charge in [-0.25, -0.2) is 0 Å². The second-order valence-electron chi connectivity index (χ2n) is 10.1. The third-order valence-electron chi connectivity index (χ3n) is 6.13. The molecular formula is C28H44NO2P. The largest absolute Gasteiger partial charge is 0.467 e. The fraction of sp³-hybridized carbons (Fsp3) is 0.571. The third kappa shape index (κ3) is 7.04. The zero-order valence-electron chi connectivity index (χ0n) is 21.5. The predicted molar refractivity (Wildman–Crippen MR) is 141 cm³/mol. The van der Waals surface area contributed by atoms with Gasteiger partial charge in [-0.3, -0.25) is 0 Å². The SMILES string of the molecule is CCCCCC(C)(Pc1ccccc1CNC)c1cc(C(C)(C)C)cc(C)c1OCOC. The summed E-state index contributed by atoms with van der Waals surface area (Å²) in [4.78, 5) is 0. The molecule has 0 saturated heterocycles. The Bertz CT molecular complexity index is 859. The molecule has 1 N–H and O–H groups in total. The minimum atomic E-state index is -0.00584. The number of unbranched alkanes of at least 4 members (excludes halogenated alkanes) is 2. The molecule has 2 unspecified atom stereocenters. The first kappa shape index (κ1) is 26.8. The highest BCUT2D eigenvalue weighted by atomic mass is 31.1. The number of hydrogen-bond donors (Lipinski definition) is 1. The van der Waals surface area contributed by atoms with E-state index in [0.717, 1.165) is 18.7 Å². The monoisotopic (exact) mass is 457 g/mol. The smallest absolute Gasteiger partial charge is 0.188 e. The Morgan fingerprint density at radius 3 is 2.38 bits per heavy atom. The van der Waals surface area contributed by atoms with Crippen LogP contribution in [0, 0.1) is 6.92 Å². The molecule has 32 heavy (non-hydrogen) atoms. The number of methoxy groups -OCH3 is 1. The summed E-state index contributed by atoms with van der Waals surface area (Å²) < 4.78 is 11.5. The quantitative estimate of drug-likeness (QED) is 0.216. The lowest BCUT2D eigenvalue weighted by atomic mass is 9.82. The van der Waals surface area contributed by atoms with Crippen LogP contribution in [0.5, 0.6) is 5.75 Å². The zero-order valence-corrected chi connectivity index (χ0v) is 22.5. The van der Waals surface area contributed by atoms with Crippen LogP contribution in [0.25, 0.3) is 0 Å². The summed E-state index contributed by atoms with van der Waals surface area (Å²) in [5, 5.41) is 4.78. The topological polar surface area (TPSA) is 30.5 Å². The van der Waals surface area contributed by atoms with Crippen molar-refractivity contribution in [1.82, 2.24) is 5.32 Å². The van der Waals surface area contributed by atoms with E-state index in [1.54, 1.807) is 7.11 Å². The van der Waals surface area contributed by atoms with Gasteiger partial charge in [0.25, 0.3) is 0 Å². The number of rotatable bonds is 12. The summed E-state index contributed by atoms with van der Waals surface area (Å²) >= 11 is 0. The summed E-state index contributed by atoms with van der Waals surface area (Å²) in [6, 6.07) is 13.6. The number of benzene rings is 2. The predicted octanol–water partition coefficient (Wildman–Crippen LogP) is 6.79.